The second kappa shape index (κ2) is 8.83. The van der Waals surface area contributed by atoms with Crippen LogP contribution in [0.1, 0.15) is 26.3 Å². The molecule has 3 aromatic rings. The number of nitrogens with zero attached hydrogens (tertiary/aromatic N) is 1. The number of ketones is 1. The number of nitro groups is 1. The minimum atomic E-state index is -0.623. The molecule has 0 saturated heterocycles. The highest BCUT2D eigenvalue weighted by atomic mass is 16.6. The van der Waals surface area contributed by atoms with E-state index in [0.29, 0.717) is 22.6 Å². The Morgan fingerprint density at radius 1 is 0.970 bits per heavy atom. The maximum atomic E-state index is 12.6. The zero-order chi connectivity index (χ0) is 23.5. The fraction of sp³-hybridized carbons (Fsp3) is 0.0833. The Kier molecular flexibility index (Phi) is 5.77. The lowest BCUT2D eigenvalue weighted by Gasteiger charge is -2.10. The number of Topliss-reactive ketones (excluding diaryl/α,β-unsaturated/α-hetero) is 1. The van der Waals surface area contributed by atoms with Gasteiger partial charge in [-0.3, -0.25) is 14.9 Å². The van der Waals surface area contributed by atoms with Crippen LogP contribution in [-0.4, -0.2) is 30.9 Å². The van der Waals surface area contributed by atoms with Gasteiger partial charge in [-0.05, 0) is 54.1 Å². The van der Waals surface area contributed by atoms with Gasteiger partial charge in [0.15, 0.2) is 17.3 Å². The fourth-order valence-corrected chi connectivity index (χ4v) is 3.20. The SMILES string of the molecule is COc1ccc(C(=O)Oc2ccc3c(c2)OC(=Cc2ccc([N+](=O)[O-])cc2)C3=O)cc1OC. The zero-order valence-corrected chi connectivity index (χ0v) is 17.6. The third-order valence-corrected chi connectivity index (χ3v) is 4.87. The number of esters is 1. The van der Waals surface area contributed by atoms with E-state index in [-0.39, 0.29) is 34.3 Å². The molecule has 9 nitrogen and oxygen atoms in total. The molecule has 1 heterocycles. The largest absolute Gasteiger partial charge is 0.493 e. The first-order valence-corrected chi connectivity index (χ1v) is 9.66. The van der Waals surface area contributed by atoms with E-state index in [4.69, 9.17) is 18.9 Å². The molecule has 1 aliphatic rings. The molecule has 9 heteroatoms. The van der Waals surface area contributed by atoms with Crippen LogP contribution in [0.3, 0.4) is 0 Å². The van der Waals surface area contributed by atoms with E-state index >= 15 is 0 Å². The van der Waals surface area contributed by atoms with Gasteiger partial charge in [0.25, 0.3) is 5.69 Å². The zero-order valence-electron chi connectivity index (χ0n) is 17.6. The number of allylic oxidation sites excluding steroid dienone is 1. The number of hydrogen-bond acceptors (Lipinski definition) is 8. The number of hydrogen-bond donors (Lipinski definition) is 0. The number of rotatable bonds is 6. The Labute approximate surface area is 187 Å². The van der Waals surface area contributed by atoms with Gasteiger partial charge in [-0.2, -0.15) is 0 Å². The fourth-order valence-electron chi connectivity index (χ4n) is 3.20. The van der Waals surface area contributed by atoms with E-state index in [9.17, 15) is 19.7 Å². The van der Waals surface area contributed by atoms with E-state index < -0.39 is 10.9 Å². The van der Waals surface area contributed by atoms with Crippen LogP contribution in [0.4, 0.5) is 5.69 Å². The monoisotopic (exact) mass is 447 g/mol. The highest BCUT2D eigenvalue weighted by molar-refractivity contribution is 6.14. The van der Waals surface area contributed by atoms with Crippen LogP contribution in [0.2, 0.25) is 0 Å². The summed E-state index contributed by atoms with van der Waals surface area (Å²) >= 11 is 0. The third kappa shape index (κ3) is 4.38. The standard InChI is InChI=1S/C24H17NO8/c1-30-19-10-5-15(12-21(19)31-2)24(27)32-17-8-9-18-20(13-17)33-22(23(18)26)11-14-3-6-16(7-4-14)25(28)29/h3-13H,1-2H3. The number of nitro benzene ring substituents is 1. The normalized spacial score (nSPS) is 13.3. The van der Waals surface area contributed by atoms with Crippen LogP contribution in [0, 0.1) is 10.1 Å². The first kappa shape index (κ1) is 21.6. The molecule has 0 fully saturated rings. The smallest absolute Gasteiger partial charge is 0.343 e. The lowest BCUT2D eigenvalue weighted by molar-refractivity contribution is -0.384. The van der Waals surface area contributed by atoms with Crippen molar-refractivity contribution in [2.45, 2.75) is 0 Å². The van der Waals surface area contributed by atoms with Crippen LogP contribution in [0.5, 0.6) is 23.0 Å². The molecule has 33 heavy (non-hydrogen) atoms. The second-order valence-corrected chi connectivity index (χ2v) is 6.91. The summed E-state index contributed by atoms with van der Waals surface area (Å²) in [5.41, 5.74) is 1.08. The number of methoxy groups -OCH3 is 2. The summed E-state index contributed by atoms with van der Waals surface area (Å²) in [5, 5.41) is 10.8. The maximum absolute atomic E-state index is 12.6. The molecular formula is C24H17NO8. The molecule has 0 aromatic heterocycles. The number of fused-ring (bicyclic) bond motifs is 1. The van der Waals surface area contributed by atoms with Gasteiger partial charge < -0.3 is 18.9 Å². The van der Waals surface area contributed by atoms with Crippen molar-refractivity contribution in [3.8, 4) is 23.0 Å². The van der Waals surface area contributed by atoms with Gasteiger partial charge in [0.2, 0.25) is 5.78 Å². The van der Waals surface area contributed by atoms with Crippen LogP contribution in [0.15, 0.2) is 66.4 Å². The van der Waals surface area contributed by atoms with E-state index in [0.717, 1.165) is 0 Å². The summed E-state index contributed by atoms with van der Waals surface area (Å²) in [6.07, 6.45) is 1.49. The van der Waals surface area contributed by atoms with Gasteiger partial charge in [-0.15, -0.1) is 0 Å². The summed E-state index contributed by atoms with van der Waals surface area (Å²) in [6.45, 7) is 0. The van der Waals surface area contributed by atoms with Crippen molar-refractivity contribution in [3.63, 3.8) is 0 Å². The number of carbonyl (C=O) groups excluding carboxylic acids is 2. The molecule has 0 N–H and O–H groups in total. The lowest BCUT2D eigenvalue weighted by atomic mass is 10.1. The Balaban J connectivity index is 1.52. The maximum Gasteiger partial charge on any atom is 0.343 e. The van der Waals surface area contributed by atoms with E-state index in [1.165, 1.54) is 68.8 Å². The average molecular weight is 447 g/mol. The predicted molar refractivity (Wildman–Crippen MR) is 117 cm³/mol. The topological polar surface area (TPSA) is 114 Å². The van der Waals surface area contributed by atoms with E-state index in [1.54, 1.807) is 12.1 Å². The van der Waals surface area contributed by atoms with Gasteiger partial charge in [0.05, 0.1) is 30.3 Å². The average Bonchev–Trinajstić information content (AvgIpc) is 3.13. The van der Waals surface area contributed by atoms with Gasteiger partial charge in [-0.1, -0.05) is 0 Å². The van der Waals surface area contributed by atoms with E-state index in [2.05, 4.69) is 0 Å². The predicted octanol–water partition coefficient (Wildman–Crippen LogP) is 4.45. The molecule has 0 bridgehead atoms. The van der Waals surface area contributed by atoms with Gasteiger partial charge >= 0.3 is 5.97 Å². The summed E-state index contributed by atoms with van der Waals surface area (Å²) in [4.78, 5) is 35.4. The molecule has 0 saturated carbocycles. The number of benzene rings is 3. The molecule has 0 atom stereocenters. The summed E-state index contributed by atoms with van der Waals surface area (Å²) in [6, 6.07) is 14.8. The Morgan fingerprint density at radius 2 is 1.70 bits per heavy atom. The molecule has 0 radical (unpaired) electrons. The minimum absolute atomic E-state index is 0.0555. The first-order chi connectivity index (χ1) is 15.9. The van der Waals surface area contributed by atoms with E-state index in [1.807, 2.05) is 0 Å². The van der Waals surface area contributed by atoms with Crippen LogP contribution >= 0.6 is 0 Å². The van der Waals surface area contributed by atoms with Gasteiger partial charge in [0, 0.05) is 18.2 Å². The summed E-state index contributed by atoms with van der Waals surface area (Å²) < 4.78 is 21.4. The Bertz CT molecular complexity index is 1290. The number of ether oxygens (including phenoxy) is 4. The highest BCUT2D eigenvalue weighted by Gasteiger charge is 2.28. The lowest BCUT2D eigenvalue weighted by Crippen LogP contribution is -2.09. The Morgan fingerprint density at radius 3 is 2.36 bits per heavy atom. The first-order valence-electron chi connectivity index (χ1n) is 9.66. The molecule has 4 rings (SSSR count). The summed E-state index contributed by atoms with van der Waals surface area (Å²) in [5.74, 6) is 0.385. The van der Waals surface area contributed by atoms with Crippen LogP contribution in [-0.2, 0) is 0 Å². The quantitative estimate of drug-likeness (QED) is 0.179. The van der Waals surface area contributed by atoms with Crippen LogP contribution < -0.4 is 18.9 Å². The highest BCUT2D eigenvalue weighted by Crippen LogP contribution is 2.35. The van der Waals surface area contributed by atoms with Crippen molar-refractivity contribution >= 4 is 23.5 Å². The minimum Gasteiger partial charge on any atom is -0.493 e. The van der Waals surface area contributed by atoms with Crippen molar-refractivity contribution in [1.29, 1.82) is 0 Å². The van der Waals surface area contributed by atoms with Crippen molar-refractivity contribution < 1.29 is 33.5 Å². The Hall–Kier alpha value is -4.66. The van der Waals surface area contributed by atoms with Crippen molar-refractivity contribution in [2.24, 2.45) is 0 Å². The molecule has 1 aliphatic heterocycles. The van der Waals surface area contributed by atoms with Crippen molar-refractivity contribution in [1.82, 2.24) is 0 Å². The van der Waals surface area contributed by atoms with Crippen molar-refractivity contribution in [3.05, 3.63) is 93.2 Å². The second-order valence-electron chi connectivity index (χ2n) is 6.91. The van der Waals surface area contributed by atoms with Crippen LogP contribution in [0.25, 0.3) is 6.08 Å². The molecule has 0 spiro atoms. The van der Waals surface area contributed by atoms with Crippen molar-refractivity contribution in [2.75, 3.05) is 14.2 Å². The third-order valence-electron chi connectivity index (χ3n) is 4.87. The summed E-state index contributed by atoms with van der Waals surface area (Å²) in [7, 11) is 2.95. The molecule has 0 amide bonds. The number of carbonyl (C=O) groups is 2. The molecular weight excluding hydrogens is 430 g/mol. The molecule has 3 aromatic carbocycles. The molecule has 166 valence electrons. The van der Waals surface area contributed by atoms with Gasteiger partial charge in [-0.25, -0.2) is 4.79 Å². The number of non-ortho nitro benzene ring substituents is 1. The molecule has 0 unspecified atom stereocenters. The molecule has 0 aliphatic carbocycles. The van der Waals surface area contributed by atoms with Gasteiger partial charge in [0.1, 0.15) is 11.5 Å².